The highest BCUT2D eigenvalue weighted by Gasteiger charge is 2.16. The van der Waals surface area contributed by atoms with E-state index in [0.717, 1.165) is 28.3 Å². The summed E-state index contributed by atoms with van der Waals surface area (Å²) in [5.74, 6) is 0. The molecule has 1 atom stereocenters. The predicted molar refractivity (Wildman–Crippen MR) is 98.6 cm³/mol. The number of halogens is 3. The predicted octanol–water partition coefficient (Wildman–Crippen LogP) is 6.32. The smallest absolute Gasteiger partial charge is 0.0701 e. The Morgan fingerprint density at radius 1 is 1.15 bits per heavy atom. The van der Waals surface area contributed by atoms with Gasteiger partial charge in [-0.15, -0.1) is 11.3 Å². The first-order valence-corrected chi connectivity index (χ1v) is 9.72. The number of thiophene rings is 1. The molecule has 1 unspecified atom stereocenters. The molecule has 1 aromatic carbocycles. The highest BCUT2D eigenvalue weighted by molar-refractivity contribution is 9.11. The van der Waals surface area contributed by atoms with Crippen LogP contribution in [0.2, 0.25) is 0 Å². The Morgan fingerprint density at radius 2 is 1.95 bits per heavy atom. The zero-order valence-electron chi connectivity index (χ0n) is 11.1. The maximum absolute atomic E-state index is 3.67. The van der Waals surface area contributed by atoms with Gasteiger partial charge in [0.05, 0.1) is 3.79 Å². The lowest BCUT2D eigenvalue weighted by Crippen LogP contribution is -2.24. The first-order chi connectivity index (χ1) is 9.60. The van der Waals surface area contributed by atoms with Crippen molar-refractivity contribution in [3.63, 3.8) is 0 Å². The third-order valence-electron chi connectivity index (χ3n) is 3.01. The third-order valence-corrected chi connectivity index (χ3v) is 5.87. The van der Waals surface area contributed by atoms with Gasteiger partial charge in [-0.05, 0) is 64.8 Å². The van der Waals surface area contributed by atoms with Crippen molar-refractivity contribution in [3.8, 4) is 0 Å². The van der Waals surface area contributed by atoms with E-state index in [1.807, 2.05) is 0 Å². The van der Waals surface area contributed by atoms with E-state index in [2.05, 4.69) is 90.4 Å². The van der Waals surface area contributed by atoms with Crippen LogP contribution in [0.5, 0.6) is 0 Å². The van der Waals surface area contributed by atoms with Gasteiger partial charge in [0.25, 0.3) is 0 Å². The summed E-state index contributed by atoms with van der Waals surface area (Å²) in [7, 11) is 0. The number of benzene rings is 1. The molecule has 0 amide bonds. The molecule has 0 saturated heterocycles. The van der Waals surface area contributed by atoms with E-state index < -0.39 is 0 Å². The first-order valence-electron chi connectivity index (χ1n) is 6.52. The molecule has 0 aliphatic carbocycles. The van der Waals surface area contributed by atoms with Crippen LogP contribution < -0.4 is 5.32 Å². The second kappa shape index (κ2) is 8.08. The van der Waals surface area contributed by atoms with Crippen LogP contribution in [0.1, 0.15) is 29.8 Å². The molecule has 5 heteroatoms. The average Bonchev–Trinajstić information content (AvgIpc) is 2.83. The summed E-state index contributed by atoms with van der Waals surface area (Å²) in [6.07, 6.45) is 2.14. The fraction of sp³-hybridized carbons (Fsp3) is 0.333. The molecule has 0 radical (unpaired) electrons. The molecule has 1 heterocycles. The summed E-state index contributed by atoms with van der Waals surface area (Å²) in [5.41, 5.74) is 1.30. The molecule has 0 saturated carbocycles. The third kappa shape index (κ3) is 4.67. The van der Waals surface area contributed by atoms with E-state index in [9.17, 15) is 0 Å². The first kappa shape index (κ1) is 16.7. The van der Waals surface area contributed by atoms with Gasteiger partial charge in [0.1, 0.15) is 0 Å². The second-order valence-corrected chi connectivity index (χ2v) is 8.90. The van der Waals surface area contributed by atoms with Gasteiger partial charge in [0.2, 0.25) is 0 Å². The minimum absolute atomic E-state index is 0.326. The summed E-state index contributed by atoms with van der Waals surface area (Å²) < 4.78 is 3.46. The van der Waals surface area contributed by atoms with Gasteiger partial charge < -0.3 is 5.32 Å². The van der Waals surface area contributed by atoms with Crippen molar-refractivity contribution < 1.29 is 0 Å². The molecular weight excluding hydrogens is 466 g/mol. The number of rotatable bonds is 6. The lowest BCUT2D eigenvalue weighted by atomic mass is 10.0. The van der Waals surface area contributed by atoms with E-state index in [4.69, 9.17) is 0 Å². The Morgan fingerprint density at radius 3 is 2.60 bits per heavy atom. The zero-order chi connectivity index (χ0) is 14.5. The maximum atomic E-state index is 3.67. The fourth-order valence-corrected chi connectivity index (χ4v) is 4.49. The van der Waals surface area contributed by atoms with Crippen LogP contribution in [0.15, 0.2) is 43.1 Å². The Labute approximate surface area is 149 Å². The van der Waals surface area contributed by atoms with Crippen LogP contribution in [0.3, 0.4) is 0 Å². The van der Waals surface area contributed by atoms with E-state index in [1.165, 1.54) is 14.2 Å². The standard InChI is InChI=1S/C15H16Br3NS/c1-2-7-19-14(9-11-4-6-15(18)20-11)12-8-10(16)3-5-13(12)17/h3-6,8,14,19H,2,7,9H2,1H3. The molecule has 1 nitrogen and oxygen atoms in total. The number of hydrogen-bond acceptors (Lipinski definition) is 2. The fourth-order valence-electron chi connectivity index (χ4n) is 2.05. The Hall–Kier alpha value is 0.320. The lowest BCUT2D eigenvalue weighted by Gasteiger charge is -2.20. The average molecular weight is 482 g/mol. The Balaban J connectivity index is 2.24. The van der Waals surface area contributed by atoms with E-state index in [1.54, 1.807) is 11.3 Å². The van der Waals surface area contributed by atoms with Crippen molar-refractivity contribution in [1.82, 2.24) is 5.32 Å². The summed E-state index contributed by atoms with van der Waals surface area (Å²) in [5, 5.41) is 3.65. The maximum Gasteiger partial charge on any atom is 0.0701 e. The molecule has 0 fully saturated rings. The van der Waals surface area contributed by atoms with Gasteiger partial charge in [-0.3, -0.25) is 0 Å². The largest absolute Gasteiger partial charge is 0.310 e. The van der Waals surface area contributed by atoms with E-state index in [0.29, 0.717) is 6.04 Å². The van der Waals surface area contributed by atoms with E-state index in [-0.39, 0.29) is 0 Å². The van der Waals surface area contributed by atoms with Gasteiger partial charge in [0.15, 0.2) is 0 Å². The molecule has 0 aliphatic heterocycles. The number of hydrogen-bond donors (Lipinski definition) is 1. The van der Waals surface area contributed by atoms with Crippen LogP contribution in [0.25, 0.3) is 0 Å². The van der Waals surface area contributed by atoms with Crippen molar-refractivity contribution in [1.29, 1.82) is 0 Å². The zero-order valence-corrected chi connectivity index (χ0v) is 16.7. The Bertz CT molecular complexity index is 568. The quantitative estimate of drug-likeness (QED) is 0.509. The van der Waals surface area contributed by atoms with Crippen LogP contribution in [-0.2, 0) is 6.42 Å². The van der Waals surface area contributed by atoms with Gasteiger partial charge in [-0.1, -0.05) is 38.8 Å². The molecule has 0 aliphatic rings. The molecule has 0 bridgehead atoms. The van der Waals surface area contributed by atoms with Crippen LogP contribution in [-0.4, -0.2) is 6.54 Å². The van der Waals surface area contributed by atoms with Crippen molar-refractivity contribution in [3.05, 3.63) is 53.5 Å². The van der Waals surface area contributed by atoms with Gasteiger partial charge in [-0.25, -0.2) is 0 Å². The highest BCUT2D eigenvalue weighted by atomic mass is 79.9. The molecule has 108 valence electrons. The SMILES string of the molecule is CCCNC(Cc1ccc(Br)s1)c1cc(Br)ccc1Br. The minimum Gasteiger partial charge on any atom is -0.310 e. The molecule has 1 aromatic heterocycles. The second-order valence-electron chi connectivity index (χ2n) is 4.58. The number of nitrogens with one attached hydrogen (secondary N) is 1. The molecule has 0 spiro atoms. The van der Waals surface area contributed by atoms with Crippen molar-refractivity contribution in [2.24, 2.45) is 0 Å². The molecular formula is C15H16Br3NS. The topological polar surface area (TPSA) is 12.0 Å². The van der Waals surface area contributed by atoms with E-state index >= 15 is 0 Å². The minimum atomic E-state index is 0.326. The molecule has 1 N–H and O–H groups in total. The van der Waals surface area contributed by atoms with Crippen molar-refractivity contribution in [2.75, 3.05) is 6.54 Å². The normalized spacial score (nSPS) is 12.6. The van der Waals surface area contributed by atoms with Crippen LogP contribution in [0, 0.1) is 0 Å². The van der Waals surface area contributed by atoms with Crippen molar-refractivity contribution in [2.45, 2.75) is 25.8 Å². The lowest BCUT2D eigenvalue weighted by molar-refractivity contribution is 0.530. The summed E-state index contributed by atoms with van der Waals surface area (Å²) in [4.78, 5) is 1.39. The Kier molecular flexibility index (Phi) is 6.75. The molecule has 2 rings (SSSR count). The van der Waals surface area contributed by atoms with Gasteiger partial charge in [0, 0.05) is 26.3 Å². The monoisotopic (exact) mass is 479 g/mol. The highest BCUT2D eigenvalue weighted by Crippen LogP contribution is 2.31. The van der Waals surface area contributed by atoms with Crippen LogP contribution in [0.4, 0.5) is 0 Å². The summed E-state index contributed by atoms with van der Waals surface area (Å²) >= 11 is 12.6. The molecule has 20 heavy (non-hydrogen) atoms. The summed E-state index contributed by atoms with van der Waals surface area (Å²) in [6, 6.07) is 11.0. The van der Waals surface area contributed by atoms with Crippen LogP contribution >= 0.6 is 59.1 Å². The van der Waals surface area contributed by atoms with Gasteiger partial charge >= 0.3 is 0 Å². The van der Waals surface area contributed by atoms with Gasteiger partial charge in [-0.2, -0.15) is 0 Å². The van der Waals surface area contributed by atoms with Crippen molar-refractivity contribution >= 4 is 59.1 Å². The molecule has 2 aromatic rings. The summed E-state index contributed by atoms with van der Waals surface area (Å²) in [6.45, 7) is 3.22.